The molecule has 0 bridgehead atoms. The molecule has 0 spiro atoms. The smallest absolute Gasteiger partial charge is 0.261 e. The van der Waals surface area contributed by atoms with Gasteiger partial charge in [-0.25, -0.2) is 0 Å². The largest absolute Gasteiger partial charge is 0.447 e. The summed E-state index contributed by atoms with van der Waals surface area (Å²) in [5.41, 5.74) is 0.255. The topological polar surface area (TPSA) is 12.5 Å². The Balaban J connectivity index is 2.62. The summed E-state index contributed by atoms with van der Waals surface area (Å²) in [6.45, 7) is 5.65. The number of thiocarbonyl (C=S) groups is 1. The molecule has 1 aromatic rings. The van der Waals surface area contributed by atoms with Crippen LogP contribution in [0.5, 0.6) is 0 Å². The van der Waals surface area contributed by atoms with Crippen LogP contribution in [0.3, 0.4) is 0 Å². The minimum Gasteiger partial charge on any atom is -0.447 e. The number of halogens is 2. The van der Waals surface area contributed by atoms with Crippen LogP contribution in [-0.2, 0) is 4.74 Å². The van der Waals surface area contributed by atoms with E-state index in [2.05, 4.69) is 0 Å². The third kappa shape index (κ3) is 4.34. The molecule has 0 aromatic heterocycles. The summed E-state index contributed by atoms with van der Waals surface area (Å²) < 4.78 is 5.50. The molecule has 0 aliphatic rings. The van der Waals surface area contributed by atoms with E-state index in [1.807, 2.05) is 30.9 Å². The first kappa shape index (κ1) is 14.6. The van der Waals surface area contributed by atoms with Gasteiger partial charge in [0.05, 0.1) is 0 Å². The van der Waals surface area contributed by atoms with Gasteiger partial charge in [-0.2, -0.15) is 0 Å². The second kappa shape index (κ2) is 7.04. The van der Waals surface area contributed by atoms with Crippen molar-refractivity contribution in [2.45, 2.75) is 19.4 Å². The van der Waals surface area contributed by atoms with E-state index in [0.717, 1.165) is 18.7 Å². The highest BCUT2D eigenvalue weighted by atomic mass is 35.5. The van der Waals surface area contributed by atoms with Crippen molar-refractivity contribution in [1.29, 1.82) is 0 Å². The molecule has 17 heavy (non-hydrogen) atoms. The third-order valence-corrected chi connectivity index (χ3v) is 3.31. The molecule has 1 aromatic carbocycles. The fraction of sp³-hybridized carbons (Fsp3) is 0.417. The minimum atomic E-state index is -0.583. The van der Waals surface area contributed by atoms with E-state index in [4.69, 9.17) is 40.2 Å². The molecule has 1 rings (SSSR count). The van der Waals surface area contributed by atoms with Gasteiger partial charge in [-0.05, 0) is 38.2 Å². The predicted molar refractivity (Wildman–Crippen MR) is 76.7 cm³/mol. The molecule has 0 aliphatic heterocycles. The van der Waals surface area contributed by atoms with Gasteiger partial charge in [0.15, 0.2) is 5.56 Å². The second-order valence-electron chi connectivity index (χ2n) is 3.42. The molecule has 0 heterocycles. The molecule has 0 N–H and O–H groups in total. The fourth-order valence-electron chi connectivity index (χ4n) is 1.33. The van der Waals surface area contributed by atoms with E-state index in [-0.39, 0.29) is 0 Å². The minimum absolute atomic E-state index is 0.421. The van der Waals surface area contributed by atoms with Crippen molar-refractivity contribution in [3.63, 3.8) is 0 Å². The van der Waals surface area contributed by atoms with Crippen LogP contribution in [0, 0.1) is 0 Å². The number of alkyl halides is 1. The number of hydrogen-bond acceptors (Lipinski definition) is 2. The molecule has 2 nitrogen and oxygen atoms in total. The maximum atomic E-state index is 6.13. The van der Waals surface area contributed by atoms with Crippen molar-refractivity contribution in [2.75, 3.05) is 13.1 Å². The van der Waals surface area contributed by atoms with Crippen molar-refractivity contribution in [1.82, 2.24) is 4.90 Å². The zero-order chi connectivity index (χ0) is 12.8. The van der Waals surface area contributed by atoms with Gasteiger partial charge in [0.2, 0.25) is 0 Å². The first-order chi connectivity index (χ1) is 8.08. The van der Waals surface area contributed by atoms with E-state index in [0.29, 0.717) is 10.2 Å². The molecule has 0 amide bonds. The normalized spacial score (nSPS) is 12.0. The lowest BCUT2D eigenvalue weighted by molar-refractivity contribution is 0.225. The van der Waals surface area contributed by atoms with Crippen molar-refractivity contribution < 1.29 is 4.74 Å². The number of benzene rings is 1. The van der Waals surface area contributed by atoms with E-state index < -0.39 is 5.56 Å². The van der Waals surface area contributed by atoms with Gasteiger partial charge in [0.25, 0.3) is 5.17 Å². The molecule has 0 aliphatic carbocycles. The lowest BCUT2D eigenvalue weighted by atomic mass is 10.2. The Kier molecular flexibility index (Phi) is 6.03. The molecule has 0 saturated heterocycles. The first-order valence-electron chi connectivity index (χ1n) is 5.43. The van der Waals surface area contributed by atoms with Crippen molar-refractivity contribution in [3.05, 3.63) is 34.9 Å². The molecule has 1 unspecified atom stereocenters. The van der Waals surface area contributed by atoms with Gasteiger partial charge < -0.3 is 9.64 Å². The average molecular weight is 292 g/mol. The Morgan fingerprint density at radius 1 is 1.29 bits per heavy atom. The van der Waals surface area contributed by atoms with Crippen molar-refractivity contribution >= 4 is 40.6 Å². The van der Waals surface area contributed by atoms with Gasteiger partial charge >= 0.3 is 0 Å². The van der Waals surface area contributed by atoms with Crippen LogP contribution >= 0.6 is 35.4 Å². The maximum absolute atomic E-state index is 6.13. The third-order valence-electron chi connectivity index (χ3n) is 2.36. The standard InChI is InChI=1S/C12H15Cl2NOS/c1-3-15(4-2)12(17)16-11(14)9-5-7-10(13)8-6-9/h5-8,11H,3-4H2,1-2H3. The Bertz CT molecular complexity index is 365. The van der Waals surface area contributed by atoms with Crippen LogP contribution < -0.4 is 0 Å². The summed E-state index contributed by atoms with van der Waals surface area (Å²) in [6.07, 6.45) is 0. The molecule has 0 radical (unpaired) electrons. The average Bonchev–Trinajstić information content (AvgIpc) is 2.31. The predicted octanol–water partition coefficient (Wildman–Crippen LogP) is 4.22. The molecule has 94 valence electrons. The first-order valence-corrected chi connectivity index (χ1v) is 6.65. The lowest BCUT2D eigenvalue weighted by Crippen LogP contribution is -2.31. The summed E-state index contributed by atoms with van der Waals surface area (Å²) in [5, 5.41) is 1.09. The Hall–Kier alpha value is -0.510. The van der Waals surface area contributed by atoms with Gasteiger partial charge in [0, 0.05) is 23.7 Å². The van der Waals surface area contributed by atoms with Crippen LogP contribution in [0.4, 0.5) is 0 Å². The van der Waals surface area contributed by atoms with E-state index in [9.17, 15) is 0 Å². The zero-order valence-electron chi connectivity index (χ0n) is 9.82. The molecular formula is C12H15Cl2NOS. The van der Waals surface area contributed by atoms with Crippen LogP contribution in [0.1, 0.15) is 25.0 Å². The number of hydrogen-bond donors (Lipinski definition) is 0. The monoisotopic (exact) mass is 291 g/mol. The fourth-order valence-corrected chi connectivity index (χ4v) is 2.09. The summed E-state index contributed by atoms with van der Waals surface area (Å²) >= 11 is 17.1. The highest BCUT2D eigenvalue weighted by Crippen LogP contribution is 2.24. The molecule has 1 atom stereocenters. The molecule has 0 saturated carbocycles. The van der Waals surface area contributed by atoms with Crippen LogP contribution in [-0.4, -0.2) is 23.2 Å². The SMILES string of the molecule is CCN(CC)C(=S)OC(Cl)c1ccc(Cl)cc1. The van der Waals surface area contributed by atoms with Gasteiger partial charge in [-0.3, -0.25) is 0 Å². The van der Waals surface area contributed by atoms with Crippen molar-refractivity contribution in [3.8, 4) is 0 Å². The lowest BCUT2D eigenvalue weighted by Gasteiger charge is -2.23. The molecule has 0 fully saturated rings. The summed E-state index contributed by atoms with van der Waals surface area (Å²) in [5.74, 6) is 0. The number of rotatable bonds is 4. The number of ether oxygens (including phenoxy) is 1. The molecular weight excluding hydrogens is 277 g/mol. The summed E-state index contributed by atoms with van der Waals surface area (Å²) in [7, 11) is 0. The quantitative estimate of drug-likeness (QED) is 0.609. The van der Waals surface area contributed by atoms with Crippen molar-refractivity contribution in [2.24, 2.45) is 0 Å². The Morgan fingerprint density at radius 2 is 1.82 bits per heavy atom. The summed E-state index contributed by atoms with van der Waals surface area (Å²) in [4.78, 5) is 1.93. The number of nitrogens with zero attached hydrogens (tertiary/aromatic N) is 1. The Labute approximate surface area is 117 Å². The van der Waals surface area contributed by atoms with Crippen LogP contribution in [0.2, 0.25) is 5.02 Å². The van der Waals surface area contributed by atoms with E-state index >= 15 is 0 Å². The van der Waals surface area contributed by atoms with Crippen LogP contribution in [0.15, 0.2) is 24.3 Å². The van der Waals surface area contributed by atoms with Gasteiger partial charge in [0.1, 0.15) is 0 Å². The maximum Gasteiger partial charge on any atom is 0.261 e. The van der Waals surface area contributed by atoms with E-state index in [1.54, 1.807) is 12.1 Å². The second-order valence-corrected chi connectivity index (χ2v) is 4.61. The van der Waals surface area contributed by atoms with Gasteiger partial charge in [-0.1, -0.05) is 35.3 Å². The molecule has 5 heteroatoms. The summed E-state index contributed by atoms with van der Waals surface area (Å²) in [6, 6.07) is 7.20. The van der Waals surface area contributed by atoms with Gasteiger partial charge in [-0.15, -0.1) is 0 Å². The van der Waals surface area contributed by atoms with Crippen LogP contribution in [0.25, 0.3) is 0 Å². The van der Waals surface area contributed by atoms with E-state index in [1.165, 1.54) is 0 Å². The highest BCUT2D eigenvalue weighted by Gasteiger charge is 2.14. The Morgan fingerprint density at radius 3 is 2.29 bits per heavy atom. The highest BCUT2D eigenvalue weighted by molar-refractivity contribution is 7.80. The zero-order valence-corrected chi connectivity index (χ0v) is 12.1.